The van der Waals surface area contributed by atoms with Gasteiger partial charge in [0.25, 0.3) is 0 Å². The molecular formula is C14H18ClN3O. The summed E-state index contributed by atoms with van der Waals surface area (Å²) < 4.78 is 7.61. The molecule has 102 valence electrons. The van der Waals surface area contributed by atoms with Gasteiger partial charge in [-0.15, -0.1) is 0 Å². The molecule has 0 aliphatic heterocycles. The van der Waals surface area contributed by atoms with Gasteiger partial charge >= 0.3 is 0 Å². The van der Waals surface area contributed by atoms with Crippen LogP contribution in [0.15, 0.2) is 30.5 Å². The monoisotopic (exact) mass is 279 g/mol. The summed E-state index contributed by atoms with van der Waals surface area (Å²) in [5.41, 5.74) is 7.09. The van der Waals surface area contributed by atoms with E-state index in [-0.39, 0.29) is 6.04 Å². The van der Waals surface area contributed by atoms with Crippen molar-refractivity contribution < 1.29 is 4.74 Å². The number of hydrogen-bond acceptors (Lipinski definition) is 3. The number of imidazole rings is 1. The Morgan fingerprint density at radius 3 is 2.79 bits per heavy atom. The SMILES string of the molecule is CCC(N)c1ccccc1OCc1ncc(Cl)n1C. The molecule has 2 rings (SSSR count). The summed E-state index contributed by atoms with van der Waals surface area (Å²) in [6.45, 7) is 2.43. The molecule has 0 aliphatic carbocycles. The van der Waals surface area contributed by atoms with E-state index < -0.39 is 0 Å². The summed E-state index contributed by atoms with van der Waals surface area (Å²) in [5.74, 6) is 1.58. The van der Waals surface area contributed by atoms with E-state index in [0.29, 0.717) is 11.8 Å². The van der Waals surface area contributed by atoms with Gasteiger partial charge in [-0.2, -0.15) is 0 Å². The Balaban J connectivity index is 2.13. The fourth-order valence-corrected chi connectivity index (χ4v) is 1.99. The fourth-order valence-electron chi connectivity index (χ4n) is 1.84. The molecule has 0 saturated carbocycles. The van der Waals surface area contributed by atoms with Crippen molar-refractivity contribution >= 4 is 11.6 Å². The molecule has 2 N–H and O–H groups in total. The van der Waals surface area contributed by atoms with Gasteiger partial charge in [-0.05, 0) is 12.5 Å². The second kappa shape index (κ2) is 6.08. The van der Waals surface area contributed by atoms with Crippen molar-refractivity contribution in [1.29, 1.82) is 0 Å². The van der Waals surface area contributed by atoms with Crippen LogP contribution in [0, 0.1) is 0 Å². The van der Waals surface area contributed by atoms with Crippen LogP contribution in [-0.4, -0.2) is 9.55 Å². The lowest BCUT2D eigenvalue weighted by molar-refractivity contribution is 0.287. The third kappa shape index (κ3) is 3.08. The van der Waals surface area contributed by atoms with E-state index in [2.05, 4.69) is 11.9 Å². The van der Waals surface area contributed by atoms with E-state index >= 15 is 0 Å². The Morgan fingerprint density at radius 1 is 1.42 bits per heavy atom. The van der Waals surface area contributed by atoms with Crippen LogP contribution in [0.4, 0.5) is 0 Å². The van der Waals surface area contributed by atoms with Crippen LogP contribution in [0.3, 0.4) is 0 Å². The van der Waals surface area contributed by atoms with Gasteiger partial charge in [-0.1, -0.05) is 36.7 Å². The number of nitrogens with zero attached hydrogens (tertiary/aromatic N) is 2. The fraction of sp³-hybridized carbons (Fsp3) is 0.357. The number of hydrogen-bond donors (Lipinski definition) is 1. The van der Waals surface area contributed by atoms with Gasteiger partial charge in [-0.25, -0.2) is 4.98 Å². The summed E-state index contributed by atoms with van der Waals surface area (Å²) in [5, 5.41) is 0.595. The van der Waals surface area contributed by atoms with Crippen molar-refractivity contribution in [3.63, 3.8) is 0 Å². The highest BCUT2D eigenvalue weighted by Gasteiger charge is 2.11. The molecule has 1 atom stereocenters. The zero-order chi connectivity index (χ0) is 13.8. The number of para-hydroxylation sites is 1. The maximum Gasteiger partial charge on any atom is 0.147 e. The van der Waals surface area contributed by atoms with Gasteiger partial charge in [-0.3, -0.25) is 0 Å². The first-order valence-electron chi connectivity index (χ1n) is 6.26. The molecular weight excluding hydrogens is 262 g/mol. The minimum absolute atomic E-state index is 0.0128. The Bertz CT molecular complexity index is 553. The molecule has 19 heavy (non-hydrogen) atoms. The van der Waals surface area contributed by atoms with Crippen LogP contribution in [0.25, 0.3) is 0 Å². The number of aromatic nitrogens is 2. The van der Waals surface area contributed by atoms with Crippen molar-refractivity contribution in [1.82, 2.24) is 9.55 Å². The molecule has 0 saturated heterocycles. The van der Waals surface area contributed by atoms with Crippen molar-refractivity contribution in [3.05, 3.63) is 47.0 Å². The summed E-state index contributed by atoms with van der Waals surface area (Å²) >= 11 is 5.94. The van der Waals surface area contributed by atoms with Crippen LogP contribution in [-0.2, 0) is 13.7 Å². The molecule has 0 amide bonds. The molecule has 1 unspecified atom stereocenters. The highest BCUT2D eigenvalue weighted by molar-refractivity contribution is 6.29. The lowest BCUT2D eigenvalue weighted by atomic mass is 10.0. The lowest BCUT2D eigenvalue weighted by Crippen LogP contribution is -2.11. The van der Waals surface area contributed by atoms with Crippen LogP contribution in [0.2, 0.25) is 5.15 Å². The van der Waals surface area contributed by atoms with E-state index in [4.69, 9.17) is 22.1 Å². The zero-order valence-corrected chi connectivity index (χ0v) is 11.9. The highest BCUT2D eigenvalue weighted by Crippen LogP contribution is 2.26. The average molecular weight is 280 g/mol. The van der Waals surface area contributed by atoms with Gasteiger partial charge in [0.05, 0.1) is 6.20 Å². The van der Waals surface area contributed by atoms with Crippen LogP contribution in [0.5, 0.6) is 5.75 Å². The van der Waals surface area contributed by atoms with Crippen LogP contribution < -0.4 is 10.5 Å². The lowest BCUT2D eigenvalue weighted by Gasteiger charge is -2.15. The Morgan fingerprint density at radius 2 is 2.16 bits per heavy atom. The topological polar surface area (TPSA) is 53.1 Å². The molecule has 2 aromatic rings. The second-order valence-corrected chi connectivity index (χ2v) is 4.78. The average Bonchev–Trinajstić information content (AvgIpc) is 2.76. The predicted octanol–water partition coefficient (Wildman–Crippen LogP) is 3.06. The number of ether oxygens (including phenoxy) is 1. The number of halogens is 1. The summed E-state index contributed by atoms with van der Waals surface area (Å²) in [6.07, 6.45) is 2.48. The summed E-state index contributed by atoms with van der Waals surface area (Å²) in [4.78, 5) is 4.20. The molecule has 0 aliphatic rings. The standard InChI is InChI=1S/C14H18ClN3O/c1-3-11(16)10-6-4-5-7-12(10)19-9-14-17-8-13(15)18(14)2/h4-8,11H,3,9,16H2,1-2H3. The smallest absolute Gasteiger partial charge is 0.147 e. The van der Waals surface area contributed by atoms with E-state index in [1.54, 1.807) is 10.8 Å². The van der Waals surface area contributed by atoms with Crippen LogP contribution >= 0.6 is 11.6 Å². The van der Waals surface area contributed by atoms with Crippen molar-refractivity contribution in [2.75, 3.05) is 0 Å². The van der Waals surface area contributed by atoms with Gasteiger partial charge in [0.1, 0.15) is 23.3 Å². The Labute approximate surface area is 118 Å². The van der Waals surface area contributed by atoms with Crippen molar-refractivity contribution in [2.45, 2.75) is 26.0 Å². The largest absolute Gasteiger partial charge is 0.485 e. The minimum Gasteiger partial charge on any atom is -0.485 e. The first-order valence-corrected chi connectivity index (χ1v) is 6.64. The number of rotatable bonds is 5. The first kappa shape index (κ1) is 13.9. The predicted molar refractivity (Wildman–Crippen MR) is 76.2 cm³/mol. The minimum atomic E-state index is -0.0128. The van der Waals surface area contributed by atoms with E-state index in [1.807, 2.05) is 31.3 Å². The number of benzene rings is 1. The third-order valence-corrected chi connectivity index (χ3v) is 3.49. The van der Waals surface area contributed by atoms with Crippen molar-refractivity contribution in [3.8, 4) is 5.75 Å². The molecule has 0 fully saturated rings. The molecule has 0 radical (unpaired) electrons. The molecule has 1 aromatic carbocycles. The molecule has 0 bridgehead atoms. The summed E-state index contributed by atoms with van der Waals surface area (Å²) in [6, 6.07) is 7.81. The second-order valence-electron chi connectivity index (χ2n) is 4.40. The Kier molecular flexibility index (Phi) is 4.45. The van der Waals surface area contributed by atoms with Crippen LogP contribution in [0.1, 0.15) is 30.8 Å². The molecule has 5 heteroatoms. The maximum atomic E-state index is 6.08. The number of nitrogens with two attached hydrogens (primary N) is 1. The quantitative estimate of drug-likeness (QED) is 0.915. The van der Waals surface area contributed by atoms with Crippen molar-refractivity contribution in [2.24, 2.45) is 12.8 Å². The van der Waals surface area contributed by atoms with Gasteiger partial charge in [0, 0.05) is 18.7 Å². The van der Waals surface area contributed by atoms with E-state index in [9.17, 15) is 0 Å². The van der Waals surface area contributed by atoms with E-state index in [0.717, 1.165) is 23.6 Å². The molecule has 1 heterocycles. The molecule has 1 aromatic heterocycles. The van der Waals surface area contributed by atoms with E-state index in [1.165, 1.54) is 0 Å². The van der Waals surface area contributed by atoms with Gasteiger partial charge < -0.3 is 15.0 Å². The maximum absolute atomic E-state index is 6.08. The van der Waals surface area contributed by atoms with Gasteiger partial charge in [0.15, 0.2) is 0 Å². The molecule has 0 spiro atoms. The highest BCUT2D eigenvalue weighted by atomic mass is 35.5. The third-order valence-electron chi connectivity index (χ3n) is 3.14. The zero-order valence-electron chi connectivity index (χ0n) is 11.1. The molecule has 4 nitrogen and oxygen atoms in total. The first-order chi connectivity index (χ1) is 9.13. The Hall–Kier alpha value is -1.52. The normalized spacial score (nSPS) is 12.4. The summed E-state index contributed by atoms with van der Waals surface area (Å²) in [7, 11) is 1.86. The van der Waals surface area contributed by atoms with Gasteiger partial charge in [0.2, 0.25) is 0 Å².